The molecule has 1 amide bonds. The van der Waals surface area contributed by atoms with Crippen molar-refractivity contribution in [3.05, 3.63) is 94.2 Å². The summed E-state index contributed by atoms with van der Waals surface area (Å²) in [7, 11) is 0. The molecule has 0 radical (unpaired) electrons. The Hall–Kier alpha value is -3.19. The number of amides is 1. The van der Waals surface area contributed by atoms with Crippen LogP contribution in [0.3, 0.4) is 0 Å². The van der Waals surface area contributed by atoms with Crippen molar-refractivity contribution in [3.8, 4) is 0 Å². The van der Waals surface area contributed by atoms with Crippen molar-refractivity contribution in [3.63, 3.8) is 0 Å². The molecule has 3 heterocycles. The standard InChI is InChI=1S/C25H24BrN5O/c26-22-17-29-31-23(27-15-18-7-3-1-4-8-18)21(16-28-24(22)31)25(32)30-13-11-20(12-14-30)19-9-5-2-6-10-19/h1-10,16-17,20,27H,11-15H2. The van der Waals surface area contributed by atoms with E-state index in [9.17, 15) is 4.79 Å². The number of nitrogens with zero attached hydrogens (tertiary/aromatic N) is 4. The largest absolute Gasteiger partial charge is 0.365 e. The van der Waals surface area contributed by atoms with Crippen LogP contribution < -0.4 is 5.32 Å². The smallest absolute Gasteiger partial charge is 0.259 e. The monoisotopic (exact) mass is 489 g/mol. The zero-order chi connectivity index (χ0) is 21.9. The molecule has 7 heteroatoms. The maximum Gasteiger partial charge on any atom is 0.259 e. The van der Waals surface area contributed by atoms with Crippen LogP contribution in [0.15, 0.2) is 77.5 Å². The molecule has 162 valence electrons. The summed E-state index contributed by atoms with van der Waals surface area (Å²) >= 11 is 3.50. The van der Waals surface area contributed by atoms with Crippen molar-refractivity contribution < 1.29 is 4.79 Å². The fraction of sp³-hybridized carbons (Fsp3) is 0.240. The minimum Gasteiger partial charge on any atom is -0.365 e. The molecule has 0 unspecified atom stereocenters. The molecule has 6 nitrogen and oxygen atoms in total. The molecule has 2 aromatic heterocycles. The Bertz CT molecular complexity index is 1220. The summed E-state index contributed by atoms with van der Waals surface area (Å²) in [5, 5.41) is 7.88. The number of anilines is 1. The second-order valence-electron chi connectivity index (χ2n) is 8.06. The molecule has 4 aromatic rings. The highest BCUT2D eigenvalue weighted by atomic mass is 79.9. The first-order valence-electron chi connectivity index (χ1n) is 10.8. The van der Waals surface area contributed by atoms with Crippen LogP contribution in [-0.4, -0.2) is 38.5 Å². The van der Waals surface area contributed by atoms with E-state index in [1.54, 1.807) is 16.9 Å². The molecule has 0 aliphatic carbocycles. The van der Waals surface area contributed by atoms with Crippen LogP contribution in [0.2, 0.25) is 0 Å². The van der Waals surface area contributed by atoms with Gasteiger partial charge in [0.05, 0.1) is 10.7 Å². The van der Waals surface area contributed by atoms with Gasteiger partial charge in [-0.3, -0.25) is 4.79 Å². The zero-order valence-corrected chi connectivity index (χ0v) is 19.2. The predicted molar refractivity (Wildman–Crippen MR) is 129 cm³/mol. The van der Waals surface area contributed by atoms with Gasteiger partial charge < -0.3 is 10.2 Å². The average Bonchev–Trinajstić information content (AvgIpc) is 3.24. The van der Waals surface area contributed by atoms with Crippen molar-refractivity contribution in [1.82, 2.24) is 19.5 Å². The number of fused-ring (bicyclic) bond motifs is 1. The van der Waals surface area contributed by atoms with E-state index in [0.29, 0.717) is 29.5 Å². The fourth-order valence-corrected chi connectivity index (χ4v) is 4.68. The third-order valence-electron chi connectivity index (χ3n) is 6.07. The van der Waals surface area contributed by atoms with E-state index >= 15 is 0 Å². The van der Waals surface area contributed by atoms with Gasteiger partial charge in [0.2, 0.25) is 0 Å². The van der Waals surface area contributed by atoms with Gasteiger partial charge in [0, 0.05) is 25.8 Å². The number of carbonyl (C=O) groups is 1. The number of hydrogen-bond donors (Lipinski definition) is 1. The summed E-state index contributed by atoms with van der Waals surface area (Å²) in [6, 6.07) is 20.7. The van der Waals surface area contributed by atoms with Crippen LogP contribution in [-0.2, 0) is 6.54 Å². The van der Waals surface area contributed by atoms with Crippen LogP contribution in [0, 0.1) is 0 Å². The van der Waals surface area contributed by atoms with Crippen molar-refractivity contribution in [2.75, 3.05) is 18.4 Å². The van der Waals surface area contributed by atoms with E-state index in [0.717, 1.165) is 36.0 Å². The number of rotatable bonds is 5. The van der Waals surface area contributed by atoms with Crippen LogP contribution in [0.4, 0.5) is 5.82 Å². The van der Waals surface area contributed by atoms with Gasteiger partial charge in [0.25, 0.3) is 5.91 Å². The SMILES string of the molecule is O=C(c1cnc2c(Br)cnn2c1NCc1ccccc1)N1CCC(c2ccccc2)CC1. The number of hydrogen-bond acceptors (Lipinski definition) is 4. The molecule has 0 spiro atoms. The van der Waals surface area contributed by atoms with Crippen molar-refractivity contribution >= 4 is 33.3 Å². The molecule has 0 saturated carbocycles. The molecule has 1 saturated heterocycles. The Morgan fingerprint density at radius 3 is 2.41 bits per heavy atom. The summed E-state index contributed by atoms with van der Waals surface area (Å²) in [6.45, 7) is 2.06. The van der Waals surface area contributed by atoms with E-state index in [1.165, 1.54) is 5.56 Å². The molecular weight excluding hydrogens is 466 g/mol. The topological polar surface area (TPSA) is 62.5 Å². The predicted octanol–water partition coefficient (Wildman–Crippen LogP) is 5.12. The Kier molecular flexibility index (Phi) is 5.90. The molecule has 0 atom stereocenters. The maximum absolute atomic E-state index is 13.5. The number of halogens is 1. The van der Waals surface area contributed by atoms with Crippen LogP contribution >= 0.6 is 15.9 Å². The summed E-state index contributed by atoms with van der Waals surface area (Å²) in [5.74, 6) is 1.16. The van der Waals surface area contributed by atoms with Gasteiger partial charge in [0.1, 0.15) is 11.4 Å². The fourth-order valence-electron chi connectivity index (χ4n) is 4.32. The zero-order valence-electron chi connectivity index (χ0n) is 17.6. The van der Waals surface area contributed by atoms with E-state index in [2.05, 4.69) is 67.7 Å². The minimum atomic E-state index is -0.00639. The third kappa shape index (κ3) is 4.12. The van der Waals surface area contributed by atoms with Gasteiger partial charge >= 0.3 is 0 Å². The summed E-state index contributed by atoms with van der Waals surface area (Å²) < 4.78 is 2.50. The molecule has 1 N–H and O–H groups in total. The lowest BCUT2D eigenvalue weighted by molar-refractivity contribution is 0.0713. The lowest BCUT2D eigenvalue weighted by Crippen LogP contribution is -2.38. The summed E-state index contributed by atoms with van der Waals surface area (Å²) in [6.07, 6.45) is 5.30. The quantitative estimate of drug-likeness (QED) is 0.422. The van der Waals surface area contributed by atoms with E-state index in [4.69, 9.17) is 0 Å². The minimum absolute atomic E-state index is 0.00639. The van der Waals surface area contributed by atoms with Crippen LogP contribution in [0.5, 0.6) is 0 Å². The van der Waals surface area contributed by atoms with Crippen LogP contribution in [0.1, 0.15) is 40.2 Å². The molecule has 0 bridgehead atoms. The van der Waals surface area contributed by atoms with Gasteiger partial charge in [-0.25, -0.2) is 4.98 Å². The first kappa shape index (κ1) is 20.7. The van der Waals surface area contributed by atoms with Crippen molar-refractivity contribution in [2.45, 2.75) is 25.3 Å². The second kappa shape index (κ2) is 9.12. The van der Waals surface area contributed by atoms with Crippen molar-refractivity contribution in [2.24, 2.45) is 0 Å². The molecule has 5 rings (SSSR count). The molecule has 32 heavy (non-hydrogen) atoms. The lowest BCUT2D eigenvalue weighted by atomic mass is 9.89. The van der Waals surface area contributed by atoms with Crippen molar-refractivity contribution in [1.29, 1.82) is 0 Å². The second-order valence-corrected chi connectivity index (χ2v) is 8.92. The van der Waals surface area contributed by atoms with E-state index in [-0.39, 0.29) is 5.91 Å². The molecular formula is C25H24BrN5O. The number of aromatic nitrogens is 3. The highest BCUT2D eigenvalue weighted by molar-refractivity contribution is 9.10. The number of carbonyl (C=O) groups excluding carboxylic acids is 1. The van der Waals surface area contributed by atoms with E-state index in [1.807, 2.05) is 29.2 Å². The van der Waals surface area contributed by atoms with Gasteiger partial charge in [-0.05, 0) is 45.8 Å². The number of piperidine rings is 1. The molecule has 1 aliphatic heterocycles. The van der Waals surface area contributed by atoms with Gasteiger partial charge in [-0.15, -0.1) is 0 Å². The van der Waals surface area contributed by atoms with Gasteiger partial charge in [-0.1, -0.05) is 60.7 Å². The highest BCUT2D eigenvalue weighted by Gasteiger charge is 2.27. The Balaban J connectivity index is 1.39. The summed E-state index contributed by atoms with van der Waals surface area (Å²) in [4.78, 5) is 20.0. The lowest BCUT2D eigenvalue weighted by Gasteiger charge is -2.32. The number of likely N-dealkylation sites (tertiary alicyclic amines) is 1. The molecule has 1 aliphatic rings. The molecule has 1 fully saturated rings. The number of benzene rings is 2. The number of nitrogens with one attached hydrogen (secondary N) is 1. The highest BCUT2D eigenvalue weighted by Crippen LogP contribution is 2.30. The summed E-state index contributed by atoms with van der Waals surface area (Å²) in [5.41, 5.74) is 3.71. The Morgan fingerprint density at radius 1 is 1.00 bits per heavy atom. The molecule has 2 aromatic carbocycles. The normalized spacial score (nSPS) is 14.6. The van der Waals surface area contributed by atoms with Gasteiger partial charge in [0.15, 0.2) is 5.65 Å². The van der Waals surface area contributed by atoms with E-state index < -0.39 is 0 Å². The van der Waals surface area contributed by atoms with Crippen LogP contribution in [0.25, 0.3) is 5.65 Å². The van der Waals surface area contributed by atoms with Gasteiger partial charge in [-0.2, -0.15) is 9.61 Å². The maximum atomic E-state index is 13.5. The Morgan fingerprint density at radius 2 is 1.69 bits per heavy atom. The Labute approximate surface area is 195 Å². The first-order valence-corrected chi connectivity index (χ1v) is 11.6. The first-order chi connectivity index (χ1) is 15.7. The average molecular weight is 490 g/mol. The third-order valence-corrected chi connectivity index (χ3v) is 6.63.